The second-order valence-electron chi connectivity index (χ2n) is 9.38. The summed E-state index contributed by atoms with van der Waals surface area (Å²) < 4.78 is 14.6. The molecule has 1 saturated carbocycles. The van der Waals surface area contributed by atoms with Crippen molar-refractivity contribution in [1.82, 2.24) is 30.2 Å². The maximum atomic E-state index is 14.6. The Bertz CT molecular complexity index is 1190. The maximum Gasteiger partial charge on any atom is 0.240 e. The van der Waals surface area contributed by atoms with E-state index in [9.17, 15) is 9.18 Å². The fourth-order valence-corrected chi connectivity index (χ4v) is 4.45. The molecule has 0 spiro atoms. The van der Waals surface area contributed by atoms with Crippen LogP contribution in [0.2, 0.25) is 5.02 Å². The van der Waals surface area contributed by atoms with E-state index in [-0.39, 0.29) is 17.8 Å². The quantitative estimate of drug-likeness (QED) is 0.506. The zero-order chi connectivity index (χ0) is 23.2. The van der Waals surface area contributed by atoms with Gasteiger partial charge in [0.2, 0.25) is 5.91 Å². The summed E-state index contributed by atoms with van der Waals surface area (Å²) in [7, 11) is 0. The summed E-state index contributed by atoms with van der Waals surface area (Å²) in [5, 5.41) is 7.63. The molecule has 4 heterocycles. The average Bonchev–Trinajstić information content (AvgIpc) is 3.52. The third kappa shape index (κ3) is 4.52. The van der Waals surface area contributed by atoms with Crippen molar-refractivity contribution in [3.05, 3.63) is 35.5 Å². The molecule has 3 N–H and O–H groups in total. The van der Waals surface area contributed by atoms with Gasteiger partial charge in [-0.2, -0.15) is 0 Å². The normalized spacial score (nSPS) is 19.6. The Balaban J connectivity index is 1.34. The molecule has 8 nitrogen and oxygen atoms in total. The number of anilines is 1. The molecule has 1 atom stereocenters. The van der Waals surface area contributed by atoms with Crippen molar-refractivity contribution in [2.24, 2.45) is 0 Å². The van der Waals surface area contributed by atoms with E-state index in [2.05, 4.69) is 35.5 Å². The molecule has 1 aliphatic heterocycles. The van der Waals surface area contributed by atoms with Gasteiger partial charge in [0.15, 0.2) is 17.5 Å². The van der Waals surface area contributed by atoms with Crippen LogP contribution >= 0.6 is 11.6 Å². The number of fused-ring (bicyclic) bond motifs is 1. The number of carbonyl (C=O) groups excluding carboxylic acids is 1. The van der Waals surface area contributed by atoms with Gasteiger partial charge in [-0.15, -0.1) is 0 Å². The van der Waals surface area contributed by atoms with Crippen LogP contribution in [0.25, 0.3) is 22.4 Å². The zero-order valence-electron chi connectivity index (χ0n) is 18.7. The molecule has 3 aromatic rings. The van der Waals surface area contributed by atoms with Crippen molar-refractivity contribution in [3.63, 3.8) is 0 Å². The average molecular weight is 472 g/mol. The smallest absolute Gasteiger partial charge is 0.240 e. The second-order valence-corrected chi connectivity index (χ2v) is 9.81. The van der Waals surface area contributed by atoms with E-state index in [1.54, 1.807) is 18.5 Å². The highest BCUT2D eigenvalue weighted by atomic mass is 35.5. The molecule has 0 unspecified atom stereocenters. The molecule has 10 heteroatoms. The van der Waals surface area contributed by atoms with Crippen molar-refractivity contribution in [2.75, 3.05) is 18.4 Å². The Hall–Kier alpha value is -2.78. The summed E-state index contributed by atoms with van der Waals surface area (Å²) in [5.74, 6) is 0.0628. The highest BCUT2D eigenvalue weighted by Gasteiger charge is 2.39. The summed E-state index contributed by atoms with van der Waals surface area (Å²) >= 11 is 6.10. The van der Waals surface area contributed by atoms with Gasteiger partial charge in [-0.3, -0.25) is 9.69 Å². The Morgan fingerprint density at radius 2 is 2.06 bits per heavy atom. The molecule has 1 amide bonds. The number of aromatic nitrogens is 4. The lowest BCUT2D eigenvalue weighted by molar-refractivity contribution is -0.132. The molecule has 1 aliphatic carbocycles. The van der Waals surface area contributed by atoms with Crippen LogP contribution in [0.4, 0.5) is 10.2 Å². The number of nitrogens with one attached hydrogen (secondary N) is 3. The molecule has 5 rings (SSSR count). The summed E-state index contributed by atoms with van der Waals surface area (Å²) in [4.78, 5) is 30.9. The first-order valence-electron chi connectivity index (χ1n) is 11.3. The number of halogens is 2. The van der Waals surface area contributed by atoms with Crippen LogP contribution in [0, 0.1) is 5.82 Å². The number of hydrogen-bond donors (Lipinski definition) is 3. The first kappa shape index (κ1) is 22.0. The van der Waals surface area contributed by atoms with Crippen LogP contribution < -0.4 is 10.6 Å². The standard InChI is InChI=1S/C23H27ClFN7O/c1-23(2,22(33)30-14-5-6-14)32-7-3-4-15(12-32)29-21-18(25)11-28-20(31-21)17-10-27-19-16(17)8-13(24)9-26-19/h8-11,14-15H,3-7,12H2,1-2H3,(H,26,27)(H,30,33)(H,28,29,31)/t15-/m0/s1. The summed E-state index contributed by atoms with van der Waals surface area (Å²) in [6.45, 7) is 5.35. The van der Waals surface area contributed by atoms with Crippen molar-refractivity contribution in [2.45, 2.75) is 57.2 Å². The number of pyridine rings is 1. The number of hydrogen-bond acceptors (Lipinski definition) is 6. The predicted molar refractivity (Wildman–Crippen MR) is 126 cm³/mol. The predicted octanol–water partition coefficient (Wildman–Crippen LogP) is 3.75. The van der Waals surface area contributed by atoms with Gasteiger partial charge in [0.1, 0.15) is 5.65 Å². The summed E-state index contributed by atoms with van der Waals surface area (Å²) in [6, 6.07) is 2.06. The van der Waals surface area contributed by atoms with Gasteiger partial charge < -0.3 is 15.6 Å². The molecule has 2 fully saturated rings. The van der Waals surface area contributed by atoms with Crippen LogP contribution in [-0.2, 0) is 4.79 Å². The Labute approximate surface area is 196 Å². The largest absolute Gasteiger partial charge is 0.363 e. The Morgan fingerprint density at radius 1 is 1.24 bits per heavy atom. The number of likely N-dealkylation sites (tertiary alicyclic amines) is 1. The minimum Gasteiger partial charge on any atom is -0.363 e. The fourth-order valence-electron chi connectivity index (χ4n) is 4.29. The second kappa shape index (κ2) is 8.53. The van der Waals surface area contributed by atoms with Gasteiger partial charge in [-0.05, 0) is 52.1 Å². The number of H-pyrrole nitrogens is 1. The lowest BCUT2D eigenvalue weighted by Crippen LogP contribution is -2.59. The van der Waals surface area contributed by atoms with Crippen molar-refractivity contribution < 1.29 is 9.18 Å². The van der Waals surface area contributed by atoms with E-state index in [0.29, 0.717) is 34.6 Å². The minimum absolute atomic E-state index is 0.0388. The first-order valence-corrected chi connectivity index (χ1v) is 11.7. The number of aromatic amines is 1. The maximum absolute atomic E-state index is 14.6. The van der Waals surface area contributed by atoms with E-state index in [1.165, 1.54) is 6.20 Å². The lowest BCUT2D eigenvalue weighted by Gasteiger charge is -2.42. The van der Waals surface area contributed by atoms with E-state index >= 15 is 0 Å². The van der Waals surface area contributed by atoms with Crippen molar-refractivity contribution >= 4 is 34.4 Å². The fraction of sp³-hybridized carbons (Fsp3) is 0.478. The number of nitrogens with zero attached hydrogens (tertiary/aromatic N) is 4. The highest BCUT2D eigenvalue weighted by Crippen LogP contribution is 2.29. The van der Waals surface area contributed by atoms with Gasteiger partial charge in [-0.25, -0.2) is 19.3 Å². The molecular weight excluding hydrogens is 445 g/mol. The van der Waals surface area contributed by atoms with Gasteiger partial charge >= 0.3 is 0 Å². The third-order valence-electron chi connectivity index (χ3n) is 6.50. The molecule has 174 valence electrons. The summed E-state index contributed by atoms with van der Waals surface area (Å²) in [6.07, 6.45) is 8.36. The highest BCUT2D eigenvalue weighted by molar-refractivity contribution is 6.31. The number of rotatable bonds is 6. The molecule has 0 bridgehead atoms. The Morgan fingerprint density at radius 3 is 2.85 bits per heavy atom. The Kier molecular flexibility index (Phi) is 5.70. The van der Waals surface area contributed by atoms with Crippen molar-refractivity contribution in [3.8, 4) is 11.4 Å². The molecule has 2 aliphatic rings. The third-order valence-corrected chi connectivity index (χ3v) is 6.71. The van der Waals surface area contributed by atoms with Crippen LogP contribution in [0.3, 0.4) is 0 Å². The lowest BCUT2D eigenvalue weighted by atomic mass is 9.95. The molecule has 1 saturated heterocycles. The SMILES string of the molecule is CC(C)(C(=O)NC1CC1)N1CCC[C@H](Nc2nc(-c3c[nH]c4ncc(Cl)cc34)ncc2F)C1. The van der Waals surface area contributed by atoms with Gasteiger partial charge in [0, 0.05) is 42.0 Å². The number of piperidine rings is 1. The van der Waals surface area contributed by atoms with E-state index in [4.69, 9.17) is 11.6 Å². The molecule has 0 aromatic carbocycles. The summed E-state index contributed by atoms with van der Waals surface area (Å²) in [5.41, 5.74) is 0.729. The van der Waals surface area contributed by atoms with Crippen LogP contribution in [-0.4, -0.2) is 61.5 Å². The number of amides is 1. The zero-order valence-corrected chi connectivity index (χ0v) is 19.4. The van der Waals surface area contributed by atoms with Crippen molar-refractivity contribution in [1.29, 1.82) is 0 Å². The van der Waals surface area contributed by atoms with Crippen LogP contribution in [0.15, 0.2) is 24.7 Å². The molecule has 0 radical (unpaired) electrons. The van der Waals surface area contributed by atoms with Crippen LogP contribution in [0.5, 0.6) is 0 Å². The van der Waals surface area contributed by atoms with Gasteiger partial charge in [0.05, 0.1) is 16.8 Å². The first-order chi connectivity index (χ1) is 15.8. The molecule has 33 heavy (non-hydrogen) atoms. The molecule has 3 aromatic heterocycles. The number of carbonyl (C=O) groups is 1. The van der Waals surface area contributed by atoms with Crippen LogP contribution in [0.1, 0.15) is 39.5 Å². The van der Waals surface area contributed by atoms with E-state index in [1.807, 2.05) is 13.8 Å². The van der Waals surface area contributed by atoms with E-state index in [0.717, 1.165) is 37.6 Å². The van der Waals surface area contributed by atoms with Gasteiger partial charge in [-0.1, -0.05) is 11.6 Å². The topological polar surface area (TPSA) is 98.8 Å². The van der Waals surface area contributed by atoms with E-state index < -0.39 is 11.4 Å². The molecular formula is C23H27ClFN7O. The minimum atomic E-state index is -0.630. The van der Waals surface area contributed by atoms with Gasteiger partial charge in [0.25, 0.3) is 0 Å². The monoisotopic (exact) mass is 471 g/mol.